The smallest absolute Gasteiger partial charge is 0.327 e. The Morgan fingerprint density at radius 3 is 2.63 bits per heavy atom. The summed E-state index contributed by atoms with van der Waals surface area (Å²) in [5.74, 6) is -0.207. The lowest BCUT2D eigenvalue weighted by Gasteiger charge is -2.29. The van der Waals surface area contributed by atoms with Gasteiger partial charge < -0.3 is 19.9 Å². The summed E-state index contributed by atoms with van der Waals surface area (Å²) in [7, 11) is 0. The van der Waals surface area contributed by atoms with Crippen LogP contribution in [0.15, 0.2) is 22.9 Å². The summed E-state index contributed by atoms with van der Waals surface area (Å²) in [5.41, 5.74) is 0.286. The lowest BCUT2D eigenvalue weighted by Crippen LogP contribution is -2.42. The van der Waals surface area contributed by atoms with Crippen LogP contribution in [-0.4, -0.2) is 40.5 Å². The minimum Gasteiger partial charge on any atom is -0.490 e. The van der Waals surface area contributed by atoms with Gasteiger partial charge in [-0.05, 0) is 51.5 Å². The number of carbonyl (C=O) groups is 2. The van der Waals surface area contributed by atoms with Gasteiger partial charge in [0.15, 0.2) is 5.76 Å². The summed E-state index contributed by atoms with van der Waals surface area (Å²) in [6.45, 7) is 4.02. The van der Waals surface area contributed by atoms with Crippen LogP contribution < -0.4 is 15.4 Å². The lowest BCUT2D eigenvalue weighted by molar-refractivity contribution is 0.0997. The highest BCUT2D eigenvalue weighted by molar-refractivity contribution is 6.07. The molecule has 2 aliphatic rings. The van der Waals surface area contributed by atoms with Gasteiger partial charge in [-0.15, -0.1) is 0 Å². The summed E-state index contributed by atoms with van der Waals surface area (Å²) in [4.78, 5) is 27.1. The van der Waals surface area contributed by atoms with E-state index in [0.717, 1.165) is 44.6 Å². The highest BCUT2D eigenvalue weighted by atomic mass is 19.1. The molecular formula is C25H32FN5O4. The van der Waals surface area contributed by atoms with Crippen molar-refractivity contribution in [2.75, 3.05) is 17.2 Å². The van der Waals surface area contributed by atoms with Gasteiger partial charge in [-0.25, -0.2) is 9.18 Å². The van der Waals surface area contributed by atoms with Gasteiger partial charge in [0, 0.05) is 19.0 Å². The minimum atomic E-state index is -0.772. The maximum absolute atomic E-state index is 15.1. The van der Waals surface area contributed by atoms with Gasteiger partial charge in [0.25, 0.3) is 5.91 Å². The number of halogens is 1. The van der Waals surface area contributed by atoms with Crippen molar-refractivity contribution in [3.63, 3.8) is 0 Å². The van der Waals surface area contributed by atoms with Crippen LogP contribution in [0.25, 0.3) is 0 Å². The van der Waals surface area contributed by atoms with Crippen molar-refractivity contribution in [2.45, 2.75) is 71.3 Å². The average Bonchev–Trinajstić information content (AvgIpc) is 3.25. The number of hydrogen-bond acceptors (Lipinski definition) is 6. The maximum Gasteiger partial charge on any atom is 0.327 e. The molecule has 1 aliphatic heterocycles. The lowest BCUT2D eigenvalue weighted by atomic mass is 9.86. The number of carbonyl (C=O) groups excluding carboxylic acids is 2. The normalized spacial score (nSPS) is 17.7. The van der Waals surface area contributed by atoms with E-state index in [0.29, 0.717) is 30.3 Å². The maximum atomic E-state index is 15.1. The van der Waals surface area contributed by atoms with Crippen LogP contribution in [0.5, 0.6) is 5.75 Å². The molecule has 2 aromatic rings. The fraction of sp³-hybridized carbons (Fsp3) is 0.520. The fourth-order valence-corrected chi connectivity index (χ4v) is 4.67. The van der Waals surface area contributed by atoms with Gasteiger partial charge in [0.05, 0.1) is 23.6 Å². The van der Waals surface area contributed by atoms with Gasteiger partial charge >= 0.3 is 6.03 Å². The van der Waals surface area contributed by atoms with Gasteiger partial charge in [-0.2, -0.15) is 0 Å². The van der Waals surface area contributed by atoms with Crippen LogP contribution in [-0.2, 0) is 0 Å². The van der Waals surface area contributed by atoms with E-state index in [1.54, 1.807) is 6.92 Å². The Morgan fingerprint density at radius 1 is 1.17 bits per heavy atom. The van der Waals surface area contributed by atoms with Gasteiger partial charge in [0.2, 0.25) is 0 Å². The molecule has 1 saturated heterocycles. The Kier molecular flexibility index (Phi) is 7.67. The molecule has 0 radical (unpaired) electrons. The van der Waals surface area contributed by atoms with E-state index in [4.69, 9.17) is 14.7 Å². The predicted octanol–water partition coefficient (Wildman–Crippen LogP) is 5.72. The molecule has 1 aromatic heterocycles. The van der Waals surface area contributed by atoms with E-state index in [1.807, 2.05) is 6.92 Å². The summed E-state index contributed by atoms with van der Waals surface area (Å²) in [6, 6.07) is 1.85. The number of rotatable bonds is 6. The summed E-state index contributed by atoms with van der Waals surface area (Å²) in [5, 5.41) is 16.9. The van der Waals surface area contributed by atoms with Crippen LogP contribution in [0.4, 0.5) is 20.6 Å². The molecule has 188 valence electrons. The van der Waals surface area contributed by atoms with Crippen LogP contribution in [0.2, 0.25) is 0 Å². The standard InChI is InChI=1S/C25H32FN5O4/c1-15(17-8-4-3-5-9-17)34-22-13-20(30-25(33)31-11-7-6-10-23(31)27)19(26)12-18(22)24(32)29-21-14-28-35-16(21)2/h12-15,17,27H,3-11H2,1-2H3,(H,29,32)(H,30,33). The first-order valence-corrected chi connectivity index (χ1v) is 12.2. The Bertz CT molecular complexity index is 1100. The summed E-state index contributed by atoms with van der Waals surface area (Å²) >= 11 is 0. The van der Waals surface area contributed by atoms with Crippen LogP contribution in [0, 0.1) is 24.1 Å². The van der Waals surface area contributed by atoms with Crippen LogP contribution in [0.1, 0.15) is 74.4 Å². The van der Waals surface area contributed by atoms with E-state index in [2.05, 4.69) is 15.8 Å². The molecular weight excluding hydrogens is 453 g/mol. The van der Waals surface area contributed by atoms with Crippen molar-refractivity contribution < 1.29 is 23.2 Å². The number of aromatic nitrogens is 1. The number of urea groups is 1. The molecule has 35 heavy (non-hydrogen) atoms. The number of amides is 3. The Morgan fingerprint density at radius 2 is 1.94 bits per heavy atom. The third-order valence-electron chi connectivity index (χ3n) is 6.80. The quantitative estimate of drug-likeness (QED) is 0.483. The molecule has 1 atom stereocenters. The number of piperidine rings is 1. The second-order valence-electron chi connectivity index (χ2n) is 9.28. The fourth-order valence-electron chi connectivity index (χ4n) is 4.67. The van der Waals surface area contributed by atoms with E-state index < -0.39 is 17.8 Å². The highest BCUT2D eigenvalue weighted by Gasteiger charge is 2.27. The second-order valence-corrected chi connectivity index (χ2v) is 9.28. The largest absolute Gasteiger partial charge is 0.490 e. The first-order valence-electron chi connectivity index (χ1n) is 12.2. The number of nitrogens with one attached hydrogen (secondary N) is 3. The summed E-state index contributed by atoms with van der Waals surface area (Å²) < 4.78 is 26.3. The van der Waals surface area contributed by atoms with Crippen molar-refractivity contribution in [2.24, 2.45) is 5.92 Å². The molecule has 3 N–H and O–H groups in total. The Hall–Kier alpha value is -3.43. The van der Waals surface area contributed by atoms with E-state index in [-0.39, 0.29) is 28.9 Å². The monoisotopic (exact) mass is 485 g/mol. The van der Waals surface area contributed by atoms with Crippen LogP contribution in [0.3, 0.4) is 0 Å². The van der Waals surface area contributed by atoms with Crippen molar-refractivity contribution >= 4 is 29.1 Å². The van der Waals surface area contributed by atoms with Gasteiger partial charge in [0.1, 0.15) is 23.1 Å². The van der Waals surface area contributed by atoms with Gasteiger partial charge in [-0.3, -0.25) is 15.1 Å². The third kappa shape index (κ3) is 5.80. The molecule has 1 saturated carbocycles. The minimum absolute atomic E-state index is 0.00877. The summed E-state index contributed by atoms with van der Waals surface area (Å²) in [6.07, 6.45) is 8.85. The molecule has 9 nitrogen and oxygen atoms in total. The topological polar surface area (TPSA) is 121 Å². The molecule has 2 fully saturated rings. The first-order chi connectivity index (χ1) is 16.8. The molecule has 1 aliphatic carbocycles. The number of benzene rings is 1. The molecule has 1 unspecified atom stereocenters. The molecule has 2 heterocycles. The number of anilines is 2. The number of amidine groups is 1. The van der Waals surface area contributed by atoms with Crippen molar-refractivity contribution in [3.05, 3.63) is 35.5 Å². The SMILES string of the molecule is Cc1oncc1NC(=O)c1cc(F)c(NC(=O)N2CCCCC2=N)cc1OC(C)C1CCCCC1. The Balaban J connectivity index is 1.60. The van der Waals surface area contributed by atoms with Crippen molar-refractivity contribution in [1.82, 2.24) is 10.1 Å². The zero-order chi connectivity index (χ0) is 24.9. The number of hydrogen-bond donors (Lipinski definition) is 3. The number of ether oxygens (including phenoxy) is 1. The molecule has 0 spiro atoms. The first kappa shape index (κ1) is 24.7. The van der Waals surface area contributed by atoms with E-state index in [9.17, 15) is 9.59 Å². The average molecular weight is 486 g/mol. The zero-order valence-electron chi connectivity index (χ0n) is 20.2. The highest BCUT2D eigenvalue weighted by Crippen LogP contribution is 2.33. The zero-order valence-corrected chi connectivity index (χ0v) is 20.2. The van der Waals surface area contributed by atoms with Gasteiger partial charge in [-0.1, -0.05) is 24.4 Å². The van der Waals surface area contributed by atoms with E-state index in [1.165, 1.54) is 23.6 Å². The van der Waals surface area contributed by atoms with Crippen molar-refractivity contribution in [3.8, 4) is 5.75 Å². The van der Waals surface area contributed by atoms with Crippen LogP contribution >= 0.6 is 0 Å². The molecule has 3 amide bonds. The molecule has 0 bridgehead atoms. The molecule has 10 heteroatoms. The Labute approximate surface area is 203 Å². The number of aryl methyl sites for hydroxylation is 1. The van der Waals surface area contributed by atoms with Crippen molar-refractivity contribution in [1.29, 1.82) is 5.41 Å². The number of nitrogens with zero attached hydrogens (tertiary/aromatic N) is 2. The predicted molar refractivity (Wildman–Crippen MR) is 130 cm³/mol. The molecule has 4 rings (SSSR count). The second kappa shape index (κ2) is 10.9. The molecule has 1 aromatic carbocycles. The number of likely N-dealkylation sites (tertiary alicyclic amines) is 1. The third-order valence-corrected chi connectivity index (χ3v) is 6.80. The van der Waals surface area contributed by atoms with E-state index >= 15 is 4.39 Å².